The summed E-state index contributed by atoms with van der Waals surface area (Å²) in [7, 11) is 0. The summed E-state index contributed by atoms with van der Waals surface area (Å²) < 4.78 is 1.09. The van der Waals surface area contributed by atoms with Crippen LogP contribution in [0.5, 0.6) is 0 Å². The number of rotatable bonds is 4. The molecule has 1 saturated heterocycles. The van der Waals surface area contributed by atoms with Crippen LogP contribution in [0.1, 0.15) is 29.6 Å². The van der Waals surface area contributed by atoms with Crippen LogP contribution in [0.3, 0.4) is 0 Å². The third-order valence-corrected chi connectivity index (χ3v) is 3.70. The van der Waals surface area contributed by atoms with Crippen molar-refractivity contribution in [2.45, 2.75) is 25.3 Å². The number of carbonyl (C=O) groups excluding carboxylic acids is 1. The lowest BCUT2D eigenvalue weighted by molar-refractivity contribution is 0.0952. The van der Waals surface area contributed by atoms with E-state index in [9.17, 15) is 4.79 Å². The molecule has 1 unspecified atom stereocenters. The van der Waals surface area contributed by atoms with Crippen molar-refractivity contribution in [1.29, 1.82) is 0 Å². The van der Waals surface area contributed by atoms with Gasteiger partial charge >= 0.3 is 0 Å². The van der Waals surface area contributed by atoms with E-state index in [-0.39, 0.29) is 5.91 Å². The number of hydrogen-bond acceptors (Lipinski definition) is 2. The molecule has 1 aromatic carbocycles. The molecule has 0 radical (unpaired) electrons. The van der Waals surface area contributed by atoms with Crippen LogP contribution in [0.25, 0.3) is 0 Å². The van der Waals surface area contributed by atoms with Gasteiger partial charge in [0.15, 0.2) is 0 Å². The smallest absolute Gasteiger partial charge is 0.251 e. The Bertz CT molecular complexity index is 389. The van der Waals surface area contributed by atoms with E-state index < -0.39 is 0 Å². The van der Waals surface area contributed by atoms with Crippen LogP contribution < -0.4 is 10.6 Å². The number of hydrogen-bond donors (Lipinski definition) is 2. The molecule has 0 aromatic heterocycles. The van der Waals surface area contributed by atoms with Crippen LogP contribution in [0.4, 0.5) is 0 Å². The van der Waals surface area contributed by atoms with Crippen molar-refractivity contribution in [2.24, 2.45) is 0 Å². The first-order valence-electron chi connectivity index (χ1n) is 6.03. The zero-order valence-electron chi connectivity index (χ0n) is 9.71. The molecule has 2 N–H and O–H groups in total. The lowest BCUT2D eigenvalue weighted by Gasteiger charge is -2.10. The van der Waals surface area contributed by atoms with Crippen molar-refractivity contribution < 1.29 is 4.79 Å². The van der Waals surface area contributed by atoms with Crippen molar-refractivity contribution in [1.82, 2.24) is 10.6 Å². The van der Waals surface area contributed by atoms with E-state index in [1.54, 1.807) is 0 Å². The lowest BCUT2D eigenvalue weighted by Crippen LogP contribution is -2.30. The van der Waals surface area contributed by atoms with Gasteiger partial charge in [0.05, 0.1) is 0 Å². The third kappa shape index (κ3) is 3.96. The fourth-order valence-corrected chi connectivity index (χ4v) is 2.64. The van der Waals surface area contributed by atoms with Crippen LogP contribution in [0, 0.1) is 3.57 Å². The highest BCUT2D eigenvalue weighted by atomic mass is 127. The maximum atomic E-state index is 11.8. The molecule has 1 amide bonds. The highest BCUT2D eigenvalue weighted by molar-refractivity contribution is 14.1. The van der Waals surface area contributed by atoms with E-state index in [2.05, 4.69) is 33.2 Å². The first-order valence-corrected chi connectivity index (χ1v) is 7.11. The van der Waals surface area contributed by atoms with Crippen LogP contribution in [0.15, 0.2) is 24.3 Å². The monoisotopic (exact) mass is 344 g/mol. The van der Waals surface area contributed by atoms with E-state index in [0.717, 1.165) is 28.6 Å². The molecule has 92 valence electrons. The van der Waals surface area contributed by atoms with Gasteiger partial charge in [0.1, 0.15) is 0 Å². The van der Waals surface area contributed by atoms with Crippen LogP contribution in [-0.2, 0) is 0 Å². The Morgan fingerprint density at radius 3 is 3.12 bits per heavy atom. The molecule has 1 fully saturated rings. The predicted molar refractivity (Wildman–Crippen MR) is 77.1 cm³/mol. The summed E-state index contributed by atoms with van der Waals surface area (Å²) >= 11 is 2.22. The normalized spacial score (nSPS) is 19.2. The van der Waals surface area contributed by atoms with E-state index in [0.29, 0.717) is 6.04 Å². The first kappa shape index (κ1) is 12.8. The standard InChI is InChI=1S/C13H17IN2O/c14-11-4-1-3-10(9-11)13(17)16-8-6-12-5-2-7-15-12/h1,3-4,9,12,15H,2,5-8H2,(H,16,17). The maximum Gasteiger partial charge on any atom is 0.251 e. The zero-order chi connectivity index (χ0) is 12.1. The molecule has 1 heterocycles. The zero-order valence-corrected chi connectivity index (χ0v) is 11.9. The Kier molecular flexibility index (Phi) is 4.79. The molecule has 0 spiro atoms. The topological polar surface area (TPSA) is 41.1 Å². The molecular weight excluding hydrogens is 327 g/mol. The largest absolute Gasteiger partial charge is 0.352 e. The summed E-state index contributed by atoms with van der Waals surface area (Å²) in [6.07, 6.45) is 3.52. The molecule has 17 heavy (non-hydrogen) atoms. The van der Waals surface area contributed by atoms with E-state index in [4.69, 9.17) is 0 Å². The average molecular weight is 344 g/mol. The lowest BCUT2D eigenvalue weighted by atomic mass is 10.1. The Hall–Kier alpha value is -0.620. The van der Waals surface area contributed by atoms with Crippen LogP contribution in [-0.4, -0.2) is 25.0 Å². The van der Waals surface area contributed by atoms with E-state index in [1.807, 2.05) is 24.3 Å². The molecule has 2 rings (SSSR count). The van der Waals surface area contributed by atoms with E-state index in [1.165, 1.54) is 12.8 Å². The summed E-state index contributed by atoms with van der Waals surface area (Å²) in [4.78, 5) is 11.8. The van der Waals surface area contributed by atoms with E-state index >= 15 is 0 Å². The Labute approximate surface area is 116 Å². The van der Waals surface area contributed by atoms with Crippen LogP contribution in [0.2, 0.25) is 0 Å². The van der Waals surface area contributed by atoms with Gasteiger partial charge < -0.3 is 10.6 Å². The Morgan fingerprint density at radius 2 is 2.41 bits per heavy atom. The number of halogens is 1. The molecule has 1 atom stereocenters. The van der Waals surface area contributed by atoms with Gasteiger partial charge in [0, 0.05) is 21.7 Å². The first-order chi connectivity index (χ1) is 8.25. The van der Waals surface area contributed by atoms with Crippen molar-refractivity contribution in [3.8, 4) is 0 Å². The van der Waals surface area contributed by atoms with Crippen molar-refractivity contribution in [3.63, 3.8) is 0 Å². The number of benzene rings is 1. The van der Waals surface area contributed by atoms with Crippen molar-refractivity contribution >= 4 is 28.5 Å². The second kappa shape index (κ2) is 6.35. The predicted octanol–water partition coefficient (Wildman–Crippen LogP) is 2.16. The molecular formula is C13H17IN2O. The third-order valence-electron chi connectivity index (χ3n) is 3.03. The fraction of sp³-hybridized carbons (Fsp3) is 0.462. The molecule has 1 aliphatic heterocycles. The molecule has 0 bridgehead atoms. The Balaban J connectivity index is 1.77. The number of amides is 1. The average Bonchev–Trinajstić information content (AvgIpc) is 2.82. The quantitative estimate of drug-likeness (QED) is 0.822. The van der Waals surface area contributed by atoms with Gasteiger partial charge in [-0.3, -0.25) is 4.79 Å². The van der Waals surface area contributed by atoms with Gasteiger partial charge in [-0.15, -0.1) is 0 Å². The minimum absolute atomic E-state index is 0.0292. The summed E-state index contributed by atoms with van der Waals surface area (Å²) in [5, 5.41) is 6.40. The molecule has 0 aliphatic carbocycles. The highest BCUT2D eigenvalue weighted by Gasteiger charge is 2.13. The minimum Gasteiger partial charge on any atom is -0.352 e. The van der Waals surface area contributed by atoms with Gasteiger partial charge in [0.2, 0.25) is 0 Å². The van der Waals surface area contributed by atoms with Gasteiger partial charge in [-0.05, 0) is 66.6 Å². The summed E-state index contributed by atoms with van der Waals surface area (Å²) in [5.41, 5.74) is 0.747. The molecule has 1 aliphatic rings. The molecule has 4 heteroatoms. The van der Waals surface area contributed by atoms with Gasteiger partial charge in [-0.25, -0.2) is 0 Å². The van der Waals surface area contributed by atoms with Gasteiger partial charge in [-0.1, -0.05) is 6.07 Å². The highest BCUT2D eigenvalue weighted by Crippen LogP contribution is 2.09. The fourth-order valence-electron chi connectivity index (χ4n) is 2.09. The molecule has 1 aromatic rings. The second-order valence-electron chi connectivity index (χ2n) is 4.35. The van der Waals surface area contributed by atoms with Gasteiger partial charge in [-0.2, -0.15) is 0 Å². The maximum absolute atomic E-state index is 11.8. The summed E-state index contributed by atoms with van der Waals surface area (Å²) in [6, 6.07) is 8.25. The van der Waals surface area contributed by atoms with Crippen LogP contribution >= 0.6 is 22.6 Å². The Morgan fingerprint density at radius 1 is 1.53 bits per heavy atom. The minimum atomic E-state index is 0.0292. The van der Waals surface area contributed by atoms with Crippen molar-refractivity contribution in [3.05, 3.63) is 33.4 Å². The molecule has 3 nitrogen and oxygen atoms in total. The van der Waals surface area contributed by atoms with Crippen molar-refractivity contribution in [2.75, 3.05) is 13.1 Å². The summed E-state index contributed by atoms with van der Waals surface area (Å²) in [6.45, 7) is 1.87. The SMILES string of the molecule is O=C(NCCC1CCCN1)c1cccc(I)c1. The molecule has 0 saturated carbocycles. The second-order valence-corrected chi connectivity index (χ2v) is 5.59. The summed E-state index contributed by atoms with van der Waals surface area (Å²) in [5.74, 6) is 0.0292. The number of carbonyl (C=O) groups is 1. The number of nitrogens with one attached hydrogen (secondary N) is 2. The van der Waals surface area contributed by atoms with Gasteiger partial charge in [0.25, 0.3) is 5.91 Å².